The third kappa shape index (κ3) is 68.2. The molecule has 0 spiro atoms. The Morgan fingerprint density at radius 1 is 1.10 bits per heavy atom. The number of halogens is 1. The van der Waals surface area contributed by atoms with E-state index in [9.17, 15) is 14.9 Å². The van der Waals surface area contributed by atoms with Gasteiger partial charge in [-0.3, -0.25) is 9.63 Å². The van der Waals surface area contributed by atoms with Crippen LogP contribution in [0.1, 0.15) is 0 Å². The molecule has 0 aliphatic carbocycles. The molecule has 12 nitrogen and oxygen atoms in total. The minimum absolute atomic E-state index is 0. The molecule has 0 aliphatic heterocycles. The van der Waals surface area contributed by atoms with Crippen LogP contribution in [-0.2, 0) is 14.4 Å². The second-order valence-electron chi connectivity index (χ2n) is 1.71. The summed E-state index contributed by atoms with van der Waals surface area (Å²) in [4.78, 5) is 44.1. The molecule has 0 atom stereocenters. The van der Waals surface area contributed by atoms with Gasteiger partial charge in [0.1, 0.15) is 7.85 Å². The van der Waals surface area contributed by atoms with Crippen molar-refractivity contribution in [3.63, 3.8) is 0 Å². The van der Waals surface area contributed by atoms with Gasteiger partial charge in [0, 0.05) is 0 Å². The molecule has 0 saturated carbocycles. The van der Waals surface area contributed by atoms with Gasteiger partial charge in [-0.25, -0.2) is 0 Å². The van der Waals surface area contributed by atoms with Gasteiger partial charge in [-0.05, 0) is 5.87 Å². The number of nitrogens with zero attached hydrogens (tertiary/aromatic N) is 2. The predicted molar refractivity (Wildman–Crippen MR) is 58.2 cm³/mol. The summed E-state index contributed by atoms with van der Waals surface area (Å²) in [6.45, 7) is -0.762. The Labute approximate surface area is 144 Å². The summed E-state index contributed by atoms with van der Waals surface area (Å²) in [7, 11) is 8.33. The molecule has 0 aromatic heterocycles. The van der Waals surface area contributed by atoms with Crippen LogP contribution in [0, 0.1) is 20.2 Å². The van der Waals surface area contributed by atoms with Crippen molar-refractivity contribution < 1.29 is 68.8 Å². The number of alkyl halides is 1. The Kier molecular flexibility index (Phi) is 27.7. The van der Waals surface area contributed by atoms with Crippen molar-refractivity contribution in [1.82, 2.24) is 0 Å². The van der Waals surface area contributed by atoms with Crippen LogP contribution in [0.2, 0.25) is 0 Å². The molecule has 0 aliphatic rings. The second-order valence-corrected chi connectivity index (χ2v) is 2.17. The fourth-order valence-electron chi connectivity index (χ4n) is 0.167. The van der Waals surface area contributed by atoms with Gasteiger partial charge >= 0.3 is 29.6 Å². The second kappa shape index (κ2) is 20.3. The van der Waals surface area contributed by atoms with Crippen LogP contribution in [0.3, 0.4) is 0 Å². The Morgan fingerprint density at radius 2 is 1.45 bits per heavy atom. The Balaban J connectivity index is -0.000000102. The quantitative estimate of drug-likeness (QED) is 0.152. The van der Waals surface area contributed by atoms with Gasteiger partial charge in [-0.2, -0.15) is 0 Å². The first-order chi connectivity index (χ1) is 8.63. The summed E-state index contributed by atoms with van der Waals surface area (Å²) in [6.07, 6.45) is 0. The van der Waals surface area contributed by atoms with Crippen molar-refractivity contribution in [3.05, 3.63) is 20.2 Å². The fraction of sp³-hybridized carbons (Fsp3) is 0.500. The summed E-state index contributed by atoms with van der Waals surface area (Å²) in [5.74, 6) is -2.70. The summed E-state index contributed by atoms with van der Waals surface area (Å²) < 4.78 is 3.83. The number of carbonyl (C=O) groups is 2. The topological polar surface area (TPSA) is 171 Å². The van der Waals surface area contributed by atoms with E-state index in [0.29, 0.717) is 0 Å². The number of carboxylic acid groups (broad SMARTS) is 1. The summed E-state index contributed by atoms with van der Waals surface area (Å²) in [5, 5.41) is 25.2. The van der Waals surface area contributed by atoms with Gasteiger partial charge in [0.25, 0.3) is 10.2 Å². The smallest absolute Gasteiger partial charge is 0.562 e. The average molecular weight is 365 g/mol. The number of hydrogen-bond donors (Lipinski definition) is 0. The minimum atomic E-state index is -1.58. The molecule has 0 unspecified atom stereocenters. The third-order valence-electron chi connectivity index (χ3n) is 0.514. The van der Waals surface area contributed by atoms with E-state index in [-0.39, 0.29) is 35.1 Å². The molecule has 0 saturated heterocycles. The molecular formula is C4H4B2BrN2NaO10. The molecule has 104 valence electrons. The first-order valence-corrected chi connectivity index (χ1v) is 4.74. The standard InChI is InChI=1S/C2H2BNO5.CHBO2.CH2BrNO3.Na/c3-2(5)8-1-9-4(6)7;2-1(3)4;2-1-6-3(4)5;/h1H2;(H,3,4);1H2;/q;;;+1/p-1. The van der Waals surface area contributed by atoms with Crippen LogP contribution in [-0.4, -0.2) is 49.9 Å². The fourth-order valence-corrected chi connectivity index (χ4v) is 0.334. The first-order valence-electron chi connectivity index (χ1n) is 3.62. The molecular weight excluding hydrogens is 361 g/mol. The molecule has 0 heterocycles. The zero-order chi connectivity index (χ0) is 15.8. The zero-order valence-corrected chi connectivity index (χ0v) is 13.5. The maximum absolute atomic E-state index is 9.68. The Bertz CT molecular complexity index is 289. The minimum Gasteiger partial charge on any atom is -0.562 e. The van der Waals surface area contributed by atoms with Crippen molar-refractivity contribution in [2.45, 2.75) is 0 Å². The van der Waals surface area contributed by atoms with Gasteiger partial charge in [0.15, 0.2) is 5.52 Å². The van der Waals surface area contributed by atoms with Gasteiger partial charge < -0.3 is 19.5 Å². The Hall–Kier alpha value is -1.05. The predicted octanol–water partition coefficient (Wildman–Crippen LogP) is -4.49. The molecule has 0 bridgehead atoms. The van der Waals surface area contributed by atoms with Crippen LogP contribution >= 0.6 is 15.9 Å². The summed E-state index contributed by atoms with van der Waals surface area (Å²) in [5.41, 5.74) is -0.0556. The molecule has 0 N–H and O–H groups in total. The van der Waals surface area contributed by atoms with Crippen molar-refractivity contribution >= 4 is 43.4 Å². The van der Waals surface area contributed by atoms with Crippen LogP contribution in [0.4, 0.5) is 9.59 Å². The number of carbonyl (C=O) groups excluding carboxylic acids is 2. The van der Waals surface area contributed by atoms with E-state index in [0.717, 1.165) is 0 Å². The van der Waals surface area contributed by atoms with Gasteiger partial charge in [-0.1, -0.05) is 15.9 Å². The average Bonchev–Trinajstić information content (AvgIpc) is 2.15. The molecule has 0 rings (SSSR count). The normalized spacial score (nSPS) is 7.05. The molecule has 16 heteroatoms. The molecule has 20 heavy (non-hydrogen) atoms. The number of ether oxygens (including phenoxy) is 1. The van der Waals surface area contributed by atoms with Crippen LogP contribution < -0.4 is 34.7 Å². The van der Waals surface area contributed by atoms with E-state index >= 15 is 0 Å². The monoisotopic (exact) mass is 364 g/mol. The molecule has 0 aromatic rings. The van der Waals surface area contributed by atoms with Crippen molar-refractivity contribution in [3.8, 4) is 0 Å². The van der Waals surface area contributed by atoms with Crippen molar-refractivity contribution in [2.75, 3.05) is 12.3 Å². The Morgan fingerprint density at radius 3 is 1.60 bits per heavy atom. The molecule has 4 radical (unpaired) electrons. The first kappa shape index (κ1) is 27.3. The van der Waals surface area contributed by atoms with E-state index in [1.807, 2.05) is 0 Å². The maximum atomic E-state index is 9.68. The van der Waals surface area contributed by atoms with Crippen molar-refractivity contribution in [1.29, 1.82) is 0 Å². The number of rotatable bonds is 5. The third-order valence-corrected chi connectivity index (χ3v) is 0.718. The summed E-state index contributed by atoms with van der Waals surface area (Å²) in [6, 6.07) is 0. The maximum Gasteiger partial charge on any atom is 1.00 e. The van der Waals surface area contributed by atoms with E-state index in [1.165, 1.54) is 0 Å². The van der Waals surface area contributed by atoms with Crippen LogP contribution in [0.5, 0.6) is 0 Å². The zero-order valence-electron chi connectivity index (χ0n) is 9.92. The molecule has 0 amide bonds. The van der Waals surface area contributed by atoms with Gasteiger partial charge in [0.05, 0.1) is 0 Å². The van der Waals surface area contributed by atoms with E-state index in [4.69, 9.17) is 20.0 Å². The van der Waals surface area contributed by atoms with Crippen molar-refractivity contribution in [2.24, 2.45) is 0 Å². The van der Waals surface area contributed by atoms with E-state index < -0.39 is 28.7 Å². The molecule has 0 fully saturated rings. The SMILES string of the molecule is O=[N+]([O-])OCBr.[B]C(=O)OCO[N+](=O)[O-].[B]C(=O)[O-].[Na+]. The van der Waals surface area contributed by atoms with Crippen LogP contribution in [0.25, 0.3) is 0 Å². The largest absolute Gasteiger partial charge is 1.00 e. The van der Waals surface area contributed by atoms with E-state index in [2.05, 4.69) is 46.0 Å². The van der Waals surface area contributed by atoms with Crippen LogP contribution in [0.15, 0.2) is 0 Å². The van der Waals surface area contributed by atoms with Gasteiger partial charge in [0.2, 0.25) is 20.5 Å². The van der Waals surface area contributed by atoms with Gasteiger partial charge in [-0.15, -0.1) is 20.2 Å². The molecule has 0 aromatic carbocycles. The van der Waals surface area contributed by atoms with E-state index in [1.54, 1.807) is 0 Å². The number of hydrogen-bond acceptors (Lipinski definition) is 10. The summed E-state index contributed by atoms with van der Waals surface area (Å²) >= 11 is 2.69.